The number of carbonyl (C=O) groups excluding carboxylic acids is 1. The fraction of sp³-hybridized carbons (Fsp3) is 0.364. The normalized spacial score (nSPS) is 12.3. The molecule has 1 unspecified atom stereocenters. The summed E-state index contributed by atoms with van der Waals surface area (Å²) in [7, 11) is 2.93. The largest absolute Gasteiger partial charge is 0.350 e. The predicted octanol–water partition coefficient (Wildman–Crippen LogP) is 2.10. The second-order valence-electron chi connectivity index (χ2n) is 7.27. The van der Waals surface area contributed by atoms with Crippen LogP contribution in [-0.4, -0.2) is 44.6 Å². The lowest BCUT2D eigenvalue weighted by Crippen LogP contribution is -2.39. The van der Waals surface area contributed by atoms with Gasteiger partial charge in [0.25, 0.3) is 11.5 Å². The van der Waals surface area contributed by atoms with E-state index in [9.17, 15) is 14.4 Å². The van der Waals surface area contributed by atoms with Crippen LogP contribution in [0.4, 0.5) is 0 Å². The lowest BCUT2D eigenvalue weighted by Gasteiger charge is -2.31. The van der Waals surface area contributed by atoms with Crippen LogP contribution < -0.4 is 16.6 Å². The summed E-state index contributed by atoms with van der Waals surface area (Å²) in [6, 6.07) is 8.96. The van der Waals surface area contributed by atoms with Crippen LogP contribution >= 0.6 is 11.6 Å². The highest BCUT2D eigenvalue weighted by atomic mass is 35.5. The zero-order valence-electron chi connectivity index (χ0n) is 18.1. The van der Waals surface area contributed by atoms with Crippen LogP contribution in [0.15, 0.2) is 46.1 Å². The van der Waals surface area contributed by atoms with Crippen LogP contribution in [0.2, 0.25) is 5.02 Å². The average molecular weight is 444 g/mol. The highest BCUT2D eigenvalue weighted by Crippen LogP contribution is 2.27. The van der Waals surface area contributed by atoms with Crippen molar-refractivity contribution in [2.45, 2.75) is 19.9 Å². The molecule has 9 heteroatoms. The number of halogens is 1. The first kappa shape index (κ1) is 22.7. The van der Waals surface area contributed by atoms with E-state index in [1.165, 1.54) is 30.9 Å². The van der Waals surface area contributed by atoms with Crippen molar-refractivity contribution in [2.75, 3.05) is 19.6 Å². The third-order valence-electron chi connectivity index (χ3n) is 5.53. The van der Waals surface area contributed by atoms with Crippen LogP contribution in [-0.2, 0) is 14.1 Å². The van der Waals surface area contributed by atoms with E-state index in [2.05, 4.69) is 29.0 Å². The molecule has 0 aliphatic heterocycles. The van der Waals surface area contributed by atoms with E-state index in [0.717, 1.165) is 23.2 Å². The smallest absolute Gasteiger partial charge is 0.332 e. The SMILES string of the molecule is CCN(CC)C(CNC(=O)c1cnc2c(c1)c(=O)n(C)c(=O)n2C)c1ccccc1Cl. The molecular weight excluding hydrogens is 418 g/mol. The second-order valence-corrected chi connectivity index (χ2v) is 7.68. The van der Waals surface area contributed by atoms with Gasteiger partial charge in [-0.3, -0.25) is 23.6 Å². The lowest BCUT2D eigenvalue weighted by molar-refractivity contribution is 0.0934. The van der Waals surface area contributed by atoms with Gasteiger partial charge in [-0.25, -0.2) is 9.78 Å². The number of hydrogen-bond acceptors (Lipinski definition) is 5. The number of nitrogens with zero attached hydrogens (tertiary/aromatic N) is 4. The van der Waals surface area contributed by atoms with Gasteiger partial charge in [-0.2, -0.15) is 0 Å². The zero-order valence-corrected chi connectivity index (χ0v) is 18.8. The number of aryl methyl sites for hydroxylation is 1. The molecule has 0 saturated carbocycles. The number of pyridine rings is 1. The fourth-order valence-corrected chi connectivity index (χ4v) is 3.99. The Morgan fingerprint density at radius 1 is 1.16 bits per heavy atom. The highest BCUT2D eigenvalue weighted by molar-refractivity contribution is 6.31. The molecule has 2 heterocycles. The molecule has 1 N–H and O–H groups in total. The molecular formula is C22H26ClN5O3. The molecule has 0 saturated heterocycles. The zero-order chi connectivity index (χ0) is 22.7. The Hall–Kier alpha value is -2.97. The first-order valence-corrected chi connectivity index (χ1v) is 10.5. The summed E-state index contributed by atoms with van der Waals surface area (Å²) < 4.78 is 2.28. The third-order valence-corrected chi connectivity index (χ3v) is 5.87. The van der Waals surface area contributed by atoms with Gasteiger partial charge in [-0.1, -0.05) is 43.6 Å². The van der Waals surface area contributed by atoms with Crippen molar-refractivity contribution in [3.05, 3.63) is 73.5 Å². The molecule has 1 amide bonds. The topological polar surface area (TPSA) is 89.2 Å². The monoisotopic (exact) mass is 443 g/mol. The van der Waals surface area contributed by atoms with E-state index in [0.29, 0.717) is 11.6 Å². The number of rotatable bonds is 7. The van der Waals surface area contributed by atoms with Crippen LogP contribution in [0.1, 0.15) is 35.8 Å². The summed E-state index contributed by atoms with van der Waals surface area (Å²) in [5.41, 5.74) is 0.470. The third kappa shape index (κ3) is 4.40. The number of aromatic nitrogens is 3. The molecule has 1 aromatic carbocycles. The van der Waals surface area contributed by atoms with Gasteiger partial charge in [-0.05, 0) is 30.8 Å². The van der Waals surface area contributed by atoms with E-state index >= 15 is 0 Å². The Morgan fingerprint density at radius 3 is 2.48 bits per heavy atom. The number of likely N-dealkylation sites (N-methyl/N-ethyl adjacent to an activating group) is 1. The minimum atomic E-state index is -0.489. The Morgan fingerprint density at radius 2 is 1.84 bits per heavy atom. The van der Waals surface area contributed by atoms with Crippen molar-refractivity contribution in [2.24, 2.45) is 14.1 Å². The summed E-state index contributed by atoms with van der Waals surface area (Å²) >= 11 is 6.42. The first-order chi connectivity index (χ1) is 14.8. The number of amides is 1. The van der Waals surface area contributed by atoms with Gasteiger partial charge in [0, 0.05) is 31.9 Å². The summed E-state index contributed by atoms with van der Waals surface area (Å²) in [4.78, 5) is 43.8. The maximum Gasteiger partial charge on any atom is 0.332 e. The Labute approximate surface area is 185 Å². The van der Waals surface area contributed by atoms with Crippen molar-refractivity contribution in [1.29, 1.82) is 0 Å². The number of benzene rings is 1. The quantitative estimate of drug-likeness (QED) is 0.604. The van der Waals surface area contributed by atoms with E-state index in [-0.39, 0.29) is 28.5 Å². The van der Waals surface area contributed by atoms with Gasteiger partial charge in [0.2, 0.25) is 0 Å². The van der Waals surface area contributed by atoms with Gasteiger partial charge < -0.3 is 5.32 Å². The number of fused-ring (bicyclic) bond motifs is 1. The van der Waals surface area contributed by atoms with Crippen molar-refractivity contribution in [3.63, 3.8) is 0 Å². The van der Waals surface area contributed by atoms with Crippen molar-refractivity contribution < 1.29 is 4.79 Å². The molecule has 0 spiro atoms. The summed E-state index contributed by atoms with van der Waals surface area (Å²) in [6.07, 6.45) is 1.37. The number of carbonyl (C=O) groups is 1. The minimum absolute atomic E-state index is 0.102. The van der Waals surface area contributed by atoms with Gasteiger partial charge in [0.05, 0.1) is 17.0 Å². The minimum Gasteiger partial charge on any atom is -0.350 e. The molecule has 3 rings (SSSR count). The van der Waals surface area contributed by atoms with Gasteiger partial charge in [0.15, 0.2) is 0 Å². The first-order valence-electron chi connectivity index (χ1n) is 10.1. The van der Waals surface area contributed by atoms with Crippen molar-refractivity contribution in [3.8, 4) is 0 Å². The van der Waals surface area contributed by atoms with Crippen LogP contribution in [0.3, 0.4) is 0 Å². The van der Waals surface area contributed by atoms with Crippen LogP contribution in [0, 0.1) is 0 Å². The van der Waals surface area contributed by atoms with Crippen molar-refractivity contribution in [1.82, 2.24) is 24.3 Å². The van der Waals surface area contributed by atoms with Gasteiger partial charge >= 0.3 is 5.69 Å². The van der Waals surface area contributed by atoms with Gasteiger partial charge in [0.1, 0.15) is 5.65 Å². The molecule has 8 nitrogen and oxygen atoms in total. The molecule has 164 valence electrons. The van der Waals surface area contributed by atoms with E-state index in [1.54, 1.807) is 0 Å². The summed E-state index contributed by atoms with van der Waals surface area (Å²) in [5.74, 6) is -0.352. The lowest BCUT2D eigenvalue weighted by atomic mass is 10.0. The Balaban J connectivity index is 1.91. The van der Waals surface area contributed by atoms with E-state index in [4.69, 9.17) is 11.6 Å². The second kappa shape index (κ2) is 9.45. The summed E-state index contributed by atoms with van der Waals surface area (Å²) in [6.45, 7) is 6.05. The summed E-state index contributed by atoms with van der Waals surface area (Å²) in [5, 5.41) is 3.80. The highest BCUT2D eigenvalue weighted by Gasteiger charge is 2.22. The fourth-order valence-electron chi connectivity index (χ4n) is 3.73. The standard InChI is InChI=1S/C22H26ClN5O3/c1-5-28(6-2)18(15-9-7-8-10-17(15)23)13-25-20(29)14-11-16-19(24-12-14)26(3)22(31)27(4)21(16)30/h7-12,18H,5-6,13H2,1-4H3,(H,25,29). The predicted molar refractivity (Wildman–Crippen MR) is 122 cm³/mol. The molecule has 0 aliphatic rings. The Bertz CT molecular complexity index is 1230. The Kier molecular flexibility index (Phi) is 6.92. The molecule has 0 radical (unpaired) electrons. The molecule has 31 heavy (non-hydrogen) atoms. The van der Waals surface area contributed by atoms with Gasteiger partial charge in [-0.15, -0.1) is 0 Å². The van der Waals surface area contributed by atoms with Crippen LogP contribution in [0.25, 0.3) is 11.0 Å². The molecule has 0 bridgehead atoms. The van der Waals surface area contributed by atoms with E-state index in [1.807, 2.05) is 24.3 Å². The number of hydrogen-bond donors (Lipinski definition) is 1. The molecule has 2 aromatic heterocycles. The molecule has 3 aromatic rings. The molecule has 0 fully saturated rings. The van der Waals surface area contributed by atoms with Crippen LogP contribution in [0.5, 0.6) is 0 Å². The number of nitrogens with one attached hydrogen (secondary N) is 1. The maximum absolute atomic E-state index is 12.9. The van der Waals surface area contributed by atoms with E-state index < -0.39 is 11.2 Å². The molecule has 1 atom stereocenters. The maximum atomic E-state index is 12.9. The average Bonchev–Trinajstić information content (AvgIpc) is 2.79. The van der Waals surface area contributed by atoms with Crippen molar-refractivity contribution >= 4 is 28.5 Å². The molecule has 0 aliphatic carbocycles.